The summed E-state index contributed by atoms with van der Waals surface area (Å²) in [6.45, 7) is 9.33. The summed E-state index contributed by atoms with van der Waals surface area (Å²) in [5, 5.41) is 12.6. The second kappa shape index (κ2) is 13.1. The highest BCUT2D eigenvalue weighted by atomic mass is 16.3. The molecule has 0 saturated heterocycles. The van der Waals surface area contributed by atoms with Crippen LogP contribution < -0.4 is 5.32 Å². The van der Waals surface area contributed by atoms with Crippen molar-refractivity contribution in [3.05, 3.63) is 12.7 Å². The minimum absolute atomic E-state index is 0.251. The van der Waals surface area contributed by atoms with Crippen molar-refractivity contribution in [3.63, 3.8) is 0 Å². The van der Waals surface area contributed by atoms with Gasteiger partial charge in [0, 0.05) is 6.04 Å². The summed E-state index contributed by atoms with van der Waals surface area (Å²) in [5.74, 6) is 0.514. The summed E-state index contributed by atoms with van der Waals surface area (Å²) in [5.41, 5.74) is 0. The van der Waals surface area contributed by atoms with Crippen molar-refractivity contribution in [2.24, 2.45) is 5.92 Å². The van der Waals surface area contributed by atoms with Gasteiger partial charge in [0.15, 0.2) is 0 Å². The SMILES string of the molecule is C=CCCCCCCCCCNC(CO)C(C)C. The summed E-state index contributed by atoms with van der Waals surface area (Å²) in [6.07, 6.45) is 12.5. The van der Waals surface area contributed by atoms with Crippen LogP contribution in [0.2, 0.25) is 0 Å². The topological polar surface area (TPSA) is 32.3 Å². The molecule has 108 valence electrons. The first kappa shape index (κ1) is 17.7. The van der Waals surface area contributed by atoms with Crippen LogP contribution in [0.15, 0.2) is 12.7 Å². The van der Waals surface area contributed by atoms with Gasteiger partial charge in [-0.1, -0.05) is 52.0 Å². The van der Waals surface area contributed by atoms with E-state index in [1.54, 1.807) is 0 Å². The standard InChI is InChI=1S/C16H33NO/c1-4-5-6-7-8-9-10-11-12-13-17-16(14-18)15(2)3/h4,15-18H,1,5-14H2,2-3H3. The quantitative estimate of drug-likeness (QED) is 0.386. The molecule has 2 nitrogen and oxygen atoms in total. The molecule has 0 aliphatic carbocycles. The average Bonchev–Trinajstić information content (AvgIpc) is 2.35. The molecule has 0 spiro atoms. The predicted molar refractivity (Wildman–Crippen MR) is 80.8 cm³/mol. The first-order valence-electron chi connectivity index (χ1n) is 7.67. The molecule has 0 aromatic rings. The van der Waals surface area contributed by atoms with Crippen LogP contribution in [-0.2, 0) is 0 Å². The fourth-order valence-corrected chi connectivity index (χ4v) is 2.10. The summed E-state index contributed by atoms with van der Waals surface area (Å²) in [4.78, 5) is 0. The molecule has 0 bridgehead atoms. The molecular weight excluding hydrogens is 222 g/mol. The molecule has 0 aliphatic heterocycles. The Hall–Kier alpha value is -0.340. The van der Waals surface area contributed by atoms with Gasteiger partial charge in [0.25, 0.3) is 0 Å². The summed E-state index contributed by atoms with van der Waals surface area (Å²) >= 11 is 0. The van der Waals surface area contributed by atoms with Crippen LogP contribution in [-0.4, -0.2) is 24.3 Å². The molecule has 2 N–H and O–H groups in total. The monoisotopic (exact) mass is 255 g/mol. The minimum atomic E-state index is 0.251. The fourth-order valence-electron chi connectivity index (χ4n) is 2.10. The van der Waals surface area contributed by atoms with Crippen LogP contribution in [0.25, 0.3) is 0 Å². The number of unbranched alkanes of at least 4 members (excludes halogenated alkanes) is 7. The van der Waals surface area contributed by atoms with Crippen LogP contribution in [0.5, 0.6) is 0 Å². The molecule has 0 aliphatic rings. The van der Waals surface area contributed by atoms with Crippen molar-refractivity contribution >= 4 is 0 Å². The van der Waals surface area contributed by atoms with Crippen LogP contribution >= 0.6 is 0 Å². The van der Waals surface area contributed by atoms with Gasteiger partial charge in [0.05, 0.1) is 6.61 Å². The highest BCUT2D eigenvalue weighted by molar-refractivity contribution is 4.68. The third-order valence-electron chi connectivity index (χ3n) is 3.49. The lowest BCUT2D eigenvalue weighted by Gasteiger charge is -2.19. The maximum atomic E-state index is 9.17. The average molecular weight is 255 g/mol. The summed E-state index contributed by atoms with van der Waals surface area (Å²) in [7, 11) is 0. The number of allylic oxidation sites excluding steroid dienone is 1. The minimum Gasteiger partial charge on any atom is -0.395 e. The molecule has 1 unspecified atom stereocenters. The number of nitrogens with one attached hydrogen (secondary N) is 1. The Morgan fingerprint density at radius 2 is 1.56 bits per heavy atom. The molecule has 0 radical (unpaired) electrons. The van der Waals surface area contributed by atoms with Gasteiger partial charge in [0.1, 0.15) is 0 Å². The van der Waals surface area contributed by atoms with E-state index in [9.17, 15) is 5.11 Å². The van der Waals surface area contributed by atoms with Crippen molar-refractivity contribution in [3.8, 4) is 0 Å². The zero-order valence-corrected chi connectivity index (χ0v) is 12.5. The summed E-state index contributed by atoms with van der Waals surface area (Å²) < 4.78 is 0. The maximum Gasteiger partial charge on any atom is 0.0587 e. The summed E-state index contributed by atoms with van der Waals surface area (Å²) in [6, 6.07) is 0.268. The van der Waals surface area contributed by atoms with E-state index in [0.29, 0.717) is 5.92 Å². The Balaban J connectivity index is 3.18. The van der Waals surface area contributed by atoms with Gasteiger partial charge in [-0.3, -0.25) is 0 Å². The third-order valence-corrected chi connectivity index (χ3v) is 3.49. The second-order valence-electron chi connectivity index (χ2n) is 5.54. The van der Waals surface area contributed by atoms with E-state index >= 15 is 0 Å². The molecule has 2 heteroatoms. The largest absolute Gasteiger partial charge is 0.395 e. The lowest BCUT2D eigenvalue weighted by molar-refractivity contribution is 0.210. The van der Waals surface area contributed by atoms with Gasteiger partial charge in [-0.2, -0.15) is 0 Å². The molecule has 18 heavy (non-hydrogen) atoms. The predicted octanol–water partition coefficient (Wildman–Crippen LogP) is 3.90. The van der Waals surface area contributed by atoms with E-state index in [1.165, 1.54) is 51.4 Å². The first-order chi connectivity index (χ1) is 8.72. The van der Waals surface area contributed by atoms with Gasteiger partial charge < -0.3 is 10.4 Å². The Morgan fingerprint density at radius 1 is 1.00 bits per heavy atom. The number of hydrogen-bond acceptors (Lipinski definition) is 2. The highest BCUT2D eigenvalue weighted by Gasteiger charge is 2.09. The van der Waals surface area contributed by atoms with E-state index in [0.717, 1.165) is 6.54 Å². The number of rotatable bonds is 13. The molecule has 0 aromatic heterocycles. The molecule has 0 fully saturated rings. The van der Waals surface area contributed by atoms with E-state index in [2.05, 4.69) is 25.7 Å². The third kappa shape index (κ3) is 10.8. The van der Waals surface area contributed by atoms with Crippen molar-refractivity contribution in [1.29, 1.82) is 0 Å². The molecule has 0 amide bonds. The van der Waals surface area contributed by atoms with Gasteiger partial charge in [0.2, 0.25) is 0 Å². The highest BCUT2D eigenvalue weighted by Crippen LogP contribution is 2.08. The van der Waals surface area contributed by atoms with E-state index in [-0.39, 0.29) is 12.6 Å². The van der Waals surface area contributed by atoms with Gasteiger partial charge >= 0.3 is 0 Å². The zero-order valence-electron chi connectivity index (χ0n) is 12.5. The van der Waals surface area contributed by atoms with Gasteiger partial charge in [-0.05, 0) is 31.7 Å². The Morgan fingerprint density at radius 3 is 2.06 bits per heavy atom. The number of aliphatic hydroxyl groups excluding tert-OH is 1. The Labute approximate surface area is 114 Å². The first-order valence-corrected chi connectivity index (χ1v) is 7.67. The molecule has 1 atom stereocenters. The Bertz CT molecular complexity index is 180. The molecule has 0 rings (SSSR count). The molecule has 0 heterocycles. The molecule has 0 aromatic carbocycles. The van der Waals surface area contributed by atoms with Crippen molar-refractivity contribution in [2.75, 3.05) is 13.2 Å². The second-order valence-corrected chi connectivity index (χ2v) is 5.54. The lowest BCUT2D eigenvalue weighted by Crippen LogP contribution is -2.37. The van der Waals surface area contributed by atoms with Crippen LogP contribution in [0.1, 0.15) is 65.2 Å². The fraction of sp³-hybridized carbons (Fsp3) is 0.875. The lowest BCUT2D eigenvalue weighted by atomic mass is 10.0. The molecular formula is C16H33NO. The zero-order chi connectivity index (χ0) is 13.6. The van der Waals surface area contributed by atoms with E-state index in [4.69, 9.17) is 0 Å². The number of aliphatic hydroxyl groups is 1. The van der Waals surface area contributed by atoms with Gasteiger partial charge in [-0.15, -0.1) is 6.58 Å². The van der Waals surface area contributed by atoms with Crippen molar-refractivity contribution in [1.82, 2.24) is 5.32 Å². The normalized spacial score (nSPS) is 12.9. The van der Waals surface area contributed by atoms with Gasteiger partial charge in [-0.25, -0.2) is 0 Å². The molecule has 0 saturated carbocycles. The van der Waals surface area contributed by atoms with Crippen LogP contribution in [0.4, 0.5) is 0 Å². The number of hydrogen-bond donors (Lipinski definition) is 2. The van der Waals surface area contributed by atoms with E-state index < -0.39 is 0 Å². The van der Waals surface area contributed by atoms with Crippen LogP contribution in [0, 0.1) is 5.92 Å². The van der Waals surface area contributed by atoms with Crippen molar-refractivity contribution in [2.45, 2.75) is 71.3 Å². The smallest absolute Gasteiger partial charge is 0.0587 e. The Kier molecular flexibility index (Phi) is 12.9. The maximum absolute atomic E-state index is 9.17. The van der Waals surface area contributed by atoms with Crippen LogP contribution in [0.3, 0.4) is 0 Å². The van der Waals surface area contributed by atoms with E-state index in [1.807, 2.05) is 6.08 Å². The van der Waals surface area contributed by atoms with Crippen molar-refractivity contribution < 1.29 is 5.11 Å².